The topological polar surface area (TPSA) is 69.6 Å². The van der Waals surface area contributed by atoms with Crippen molar-refractivity contribution in [2.45, 2.75) is 31.8 Å². The van der Waals surface area contributed by atoms with Crippen molar-refractivity contribution in [2.75, 3.05) is 18.8 Å². The minimum Gasteiger partial charge on any atom is -0.481 e. The molecule has 0 aromatic rings. The van der Waals surface area contributed by atoms with Crippen LogP contribution in [0.4, 0.5) is 18.0 Å². The fourth-order valence-corrected chi connectivity index (χ4v) is 1.67. The molecule has 2 amide bonds. The summed E-state index contributed by atoms with van der Waals surface area (Å²) in [6, 6.07) is -0.784. The molecule has 0 bridgehead atoms. The molecule has 112 valence electrons. The normalized spacial score (nSPS) is 11.5. The van der Waals surface area contributed by atoms with Gasteiger partial charge in [-0.1, -0.05) is 0 Å². The Labute approximate surface area is 113 Å². The van der Waals surface area contributed by atoms with Crippen molar-refractivity contribution in [2.24, 2.45) is 0 Å². The van der Waals surface area contributed by atoms with Crippen LogP contribution in [0, 0.1) is 0 Å². The average molecular weight is 302 g/mol. The fraction of sp³-hybridized carbons (Fsp3) is 0.800. The molecule has 0 spiro atoms. The van der Waals surface area contributed by atoms with Crippen LogP contribution in [-0.2, 0) is 4.79 Å². The maximum absolute atomic E-state index is 11.9. The number of aliphatic carboxylic acids is 1. The van der Waals surface area contributed by atoms with Crippen LogP contribution in [0.5, 0.6) is 0 Å². The molecule has 0 aliphatic rings. The average Bonchev–Trinajstić information content (AvgIpc) is 2.22. The van der Waals surface area contributed by atoms with Crippen LogP contribution in [0.2, 0.25) is 0 Å². The Morgan fingerprint density at radius 3 is 2.37 bits per heavy atom. The fourth-order valence-electron chi connectivity index (χ4n) is 1.24. The second-order valence-electron chi connectivity index (χ2n) is 3.96. The van der Waals surface area contributed by atoms with E-state index in [0.717, 1.165) is 0 Å². The smallest absolute Gasteiger partial charge is 0.441 e. The van der Waals surface area contributed by atoms with Crippen molar-refractivity contribution in [3.63, 3.8) is 0 Å². The first kappa shape index (κ1) is 17.9. The van der Waals surface area contributed by atoms with Gasteiger partial charge in [0, 0.05) is 24.9 Å². The van der Waals surface area contributed by atoms with E-state index in [2.05, 4.69) is 5.32 Å². The van der Waals surface area contributed by atoms with Crippen LogP contribution in [0.1, 0.15) is 20.3 Å². The van der Waals surface area contributed by atoms with Gasteiger partial charge in [0.1, 0.15) is 0 Å². The summed E-state index contributed by atoms with van der Waals surface area (Å²) in [6.07, 6.45) is -0.205. The highest BCUT2D eigenvalue weighted by Crippen LogP contribution is 2.29. The molecule has 0 atom stereocenters. The van der Waals surface area contributed by atoms with Gasteiger partial charge in [-0.25, -0.2) is 4.79 Å². The predicted molar refractivity (Wildman–Crippen MR) is 66.0 cm³/mol. The highest BCUT2D eigenvalue weighted by atomic mass is 32.2. The largest absolute Gasteiger partial charge is 0.481 e. The second-order valence-corrected chi connectivity index (χ2v) is 5.12. The van der Waals surface area contributed by atoms with Crippen LogP contribution in [0.25, 0.3) is 0 Å². The number of carboxylic acids is 1. The Morgan fingerprint density at radius 2 is 1.95 bits per heavy atom. The van der Waals surface area contributed by atoms with E-state index >= 15 is 0 Å². The number of nitrogens with zero attached hydrogens (tertiary/aromatic N) is 1. The molecule has 0 unspecified atom stereocenters. The third kappa shape index (κ3) is 9.46. The summed E-state index contributed by atoms with van der Waals surface area (Å²) in [6.45, 7) is 3.29. The van der Waals surface area contributed by atoms with Gasteiger partial charge in [0.05, 0.1) is 6.42 Å². The molecule has 0 fully saturated rings. The van der Waals surface area contributed by atoms with Crippen LogP contribution >= 0.6 is 11.8 Å². The Morgan fingerprint density at radius 1 is 1.37 bits per heavy atom. The molecule has 0 aliphatic carbocycles. The van der Waals surface area contributed by atoms with E-state index in [1.54, 1.807) is 13.8 Å². The molecule has 0 aromatic heterocycles. The number of rotatable bonds is 7. The number of amides is 2. The van der Waals surface area contributed by atoms with Gasteiger partial charge < -0.3 is 15.3 Å². The van der Waals surface area contributed by atoms with Gasteiger partial charge in [0.25, 0.3) is 0 Å². The molecule has 2 N–H and O–H groups in total. The van der Waals surface area contributed by atoms with Crippen molar-refractivity contribution in [3.8, 4) is 0 Å². The van der Waals surface area contributed by atoms with Crippen LogP contribution in [0.3, 0.4) is 0 Å². The summed E-state index contributed by atoms with van der Waals surface area (Å²) >= 11 is -0.213. The number of urea groups is 1. The molecular weight excluding hydrogens is 285 g/mol. The molecule has 0 heterocycles. The number of halogens is 3. The van der Waals surface area contributed by atoms with E-state index in [1.807, 2.05) is 0 Å². The highest BCUT2D eigenvalue weighted by Gasteiger charge is 2.27. The lowest BCUT2D eigenvalue weighted by molar-refractivity contribution is -0.137. The zero-order chi connectivity index (χ0) is 15.1. The molecule has 9 heteroatoms. The summed E-state index contributed by atoms with van der Waals surface area (Å²) in [5.41, 5.74) is -4.31. The lowest BCUT2D eigenvalue weighted by atomic mass is 10.3. The van der Waals surface area contributed by atoms with E-state index in [1.165, 1.54) is 4.90 Å². The second kappa shape index (κ2) is 8.13. The molecule has 19 heavy (non-hydrogen) atoms. The van der Waals surface area contributed by atoms with Crippen molar-refractivity contribution in [3.05, 3.63) is 0 Å². The SMILES string of the molecule is CC(C)N(CCC(=O)O)C(=O)NCCSC(F)(F)F. The first-order valence-corrected chi connectivity index (χ1v) is 6.59. The molecule has 5 nitrogen and oxygen atoms in total. The van der Waals surface area contributed by atoms with Crippen molar-refractivity contribution < 1.29 is 27.9 Å². The van der Waals surface area contributed by atoms with E-state index in [9.17, 15) is 22.8 Å². The van der Waals surface area contributed by atoms with Gasteiger partial charge >= 0.3 is 17.5 Å². The Hall–Kier alpha value is -1.12. The summed E-state index contributed by atoms with van der Waals surface area (Å²) in [5.74, 6) is -1.31. The number of hydrogen-bond acceptors (Lipinski definition) is 3. The van der Waals surface area contributed by atoms with Crippen LogP contribution in [-0.4, -0.2) is 52.4 Å². The van der Waals surface area contributed by atoms with Gasteiger partial charge in [-0.05, 0) is 25.6 Å². The lowest BCUT2D eigenvalue weighted by Gasteiger charge is -2.26. The minimum absolute atomic E-state index is 0.0191. The zero-order valence-corrected chi connectivity index (χ0v) is 11.5. The quantitative estimate of drug-likeness (QED) is 0.707. The molecule has 0 rings (SSSR count). The Balaban J connectivity index is 4.08. The number of carboxylic acid groups (broad SMARTS) is 1. The molecule has 0 saturated carbocycles. The standard InChI is InChI=1S/C10H17F3N2O3S/c1-7(2)15(5-3-8(16)17)9(18)14-4-6-19-10(11,12)13/h7H,3-6H2,1-2H3,(H,14,18)(H,16,17). The first-order valence-electron chi connectivity index (χ1n) is 5.60. The third-order valence-corrected chi connectivity index (χ3v) is 2.83. The summed E-state index contributed by atoms with van der Waals surface area (Å²) < 4.78 is 35.6. The third-order valence-electron chi connectivity index (χ3n) is 2.09. The van der Waals surface area contributed by atoms with Crippen LogP contribution < -0.4 is 5.32 Å². The number of alkyl halides is 3. The van der Waals surface area contributed by atoms with Gasteiger partial charge in [0.2, 0.25) is 0 Å². The maximum Gasteiger partial charge on any atom is 0.441 e. The number of hydrogen-bond donors (Lipinski definition) is 2. The van der Waals surface area contributed by atoms with E-state index in [0.29, 0.717) is 0 Å². The number of carbonyl (C=O) groups excluding carboxylic acids is 1. The molecule has 0 saturated heterocycles. The molecular formula is C10H17F3N2O3S. The first-order chi connectivity index (χ1) is 8.63. The predicted octanol–water partition coefficient (Wildman–Crippen LogP) is 2.13. The Kier molecular flexibility index (Phi) is 7.65. The van der Waals surface area contributed by atoms with E-state index in [4.69, 9.17) is 5.11 Å². The summed E-state index contributed by atoms with van der Waals surface area (Å²) in [5, 5.41) is 10.9. The van der Waals surface area contributed by atoms with Crippen molar-refractivity contribution in [1.29, 1.82) is 0 Å². The molecule has 0 radical (unpaired) electrons. The molecule has 0 aliphatic heterocycles. The monoisotopic (exact) mass is 302 g/mol. The minimum atomic E-state index is -4.31. The van der Waals surface area contributed by atoms with Crippen molar-refractivity contribution >= 4 is 23.8 Å². The zero-order valence-electron chi connectivity index (χ0n) is 10.7. The van der Waals surface area contributed by atoms with Gasteiger partial charge in [-0.2, -0.15) is 13.2 Å². The Bertz CT molecular complexity index is 311. The number of carbonyl (C=O) groups is 2. The van der Waals surface area contributed by atoms with Crippen molar-refractivity contribution in [1.82, 2.24) is 10.2 Å². The van der Waals surface area contributed by atoms with Crippen LogP contribution in [0.15, 0.2) is 0 Å². The van der Waals surface area contributed by atoms with Gasteiger partial charge in [-0.3, -0.25) is 4.79 Å². The van der Waals surface area contributed by atoms with Gasteiger partial charge in [-0.15, -0.1) is 0 Å². The molecule has 0 aromatic carbocycles. The lowest BCUT2D eigenvalue weighted by Crippen LogP contribution is -2.45. The maximum atomic E-state index is 11.9. The highest BCUT2D eigenvalue weighted by molar-refractivity contribution is 8.00. The number of nitrogens with one attached hydrogen (secondary N) is 1. The van der Waals surface area contributed by atoms with E-state index in [-0.39, 0.29) is 43.1 Å². The summed E-state index contributed by atoms with van der Waals surface area (Å²) in [7, 11) is 0. The summed E-state index contributed by atoms with van der Waals surface area (Å²) in [4.78, 5) is 23.4. The number of thioether (sulfide) groups is 1. The van der Waals surface area contributed by atoms with Gasteiger partial charge in [0.15, 0.2) is 0 Å². The van der Waals surface area contributed by atoms with E-state index < -0.39 is 17.5 Å².